The van der Waals surface area contributed by atoms with Crippen LogP contribution in [0.2, 0.25) is 0 Å². The number of hydrogen-bond donors (Lipinski definition) is 1. The Balaban J connectivity index is 1.84. The number of piperidine rings is 1. The Labute approximate surface area is 135 Å². The molecule has 1 aromatic carbocycles. The molecule has 1 atom stereocenters. The highest BCUT2D eigenvalue weighted by molar-refractivity contribution is 7.86. The van der Waals surface area contributed by atoms with E-state index < -0.39 is 22.1 Å². The summed E-state index contributed by atoms with van der Waals surface area (Å²) in [5.74, 6) is -0.513. The second kappa shape index (κ2) is 7.10. The Morgan fingerprint density at radius 3 is 2.57 bits per heavy atom. The van der Waals surface area contributed by atoms with Crippen LogP contribution in [0.5, 0.6) is 0 Å². The van der Waals surface area contributed by atoms with Gasteiger partial charge in [0.15, 0.2) is 0 Å². The van der Waals surface area contributed by atoms with Gasteiger partial charge in [-0.25, -0.2) is 9.69 Å². The van der Waals surface area contributed by atoms with Crippen molar-refractivity contribution in [3.8, 4) is 0 Å². The van der Waals surface area contributed by atoms with Gasteiger partial charge in [-0.2, -0.15) is 8.42 Å². The van der Waals surface area contributed by atoms with Crippen LogP contribution < -0.4 is 0 Å². The average molecular weight is 341 g/mol. The first-order valence-electron chi connectivity index (χ1n) is 7.29. The molecular formula is C15H19NO6S. The molecule has 1 unspecified atom stereocenters. The number of likely N-dealkylation sites (tertiary alicyclic amines) is 1. The Morgan fingerprint density at radius 1 is 1.35 bits per heavy atom. The number of carboxylic acid groups (broad SMARTS) is 1. The van der Waals surface area contributed by atoms with Gasteiger partial charge in [0, 0.05) is 13.0 Å². The number of imide groups is 1. The van der Waals surface area contributed by atoms with E-state index in [1.165, 1.54) is 12.1 Å². The molecule has 0 saturated carbocycles. The highest BCUT2D eigenvalue weighted by Gasteiger charge is 2.29. The van der Waals surface area contributed by atoms with Gasteiger partial charge in [-0.3, -0.25) is 8.98 Å². The van der Waals surface area contributed by atoms with Crippen molar-refractivity contribution in [2.75, 3.05) is 13.2 Å². The first-order valence-corrected chi connectivity index (χ1v) is 8.70. The lowest BCUT2D eigenvalue weighted by molar-refractivity contribution is -0.132. The van der Waals surface area contributed by atoms with Crippen LogP contribution >= 0.6 is 0 Å². The van der Waals surface area contributed by atoms with E-state index in [0.29, 0.717) is 12.8 Å². The number of amides is 2. The van der Waals surface area contributed by atoms with Crippen molar-refractivity contribution in [3.63, 3.8) is 0 Å². The molecule has 7 nitrogen and oxygen atoms in total. The summed E-state index contributed by atoms with van der Waals surface area (Å²) >= 11 is 0. The van der Waals surface area contributed by atoms with Crippen LogP contribution in [0.1, 0.15) is 24.8 Å². The normalized spacial score (nSPS) is 18.9. The van der Waals surface area contributed by atoms with Crippen molar-refractivity contribution in [2.24, 2.45) is 5.92 Å². The van der Waals surface area contributed by atoms with Gasteiger partial charge in [0.2, 0.25) is 5.91 Å². The molecule has 2 amide bonds. The Hall–Kier alpha value is -1.93. The van der Waals surface area contributed by atoms with Crippen molar-refractivity contribution < 1.29 is 27.3 Å². The van der Waals surface area contributed by atoms with Crippen molar-refractivity contribution in [2.45, 2.75) is 31.1 Å². The minimum atomic E-state index is -3.81. The fourth-order valence-electron chi connectivity index (χ4n) is 2.44. The summed E-state index contributed by atoms with van der Waals surface area (Å²) in [6.45, 7) is 1.97. The Kier molecular flexibility index (Phi) is 5.38. The van der Waals surface area contributed by atoms with Crippen molar-refractivity contribution in [3.05, 3.63) is 29.8 Å². The van der Waals surface area contributed by atoms with Crippen LogP contribution in [-0.4, -0.2) is 43.6 Å². The smallest absolute Gasteiger partial charge is 0.414 e. The maximum Gasteiger partial charge on any atom is 0.414 e. The maximum absolute atomic E-state index is 12.0. The SMILES string of the molecule is Cc1ccc(S(=O)(=O)OCCC2CCN(C(=O)O)C(=O)C2)cc1. The fourth-order valence-corrected chi connectivity index (χ4v) is 3.36. The van der Waals surface area contributed by atoms with E-state index in [9.17, 15) is 18.0 Å². The number of carbonyl (C=O) groups is 2. The monoisotopic (exact) mass is 341 g/mol. The van der Waals surface area contributed by atoms with E-state index in [1.54, 1.807) is 12.1 Å². The molecule has 0 bridgehead atoms. The van der Waals surface area contributed by atoms with Crippen LogP contribution in [0, 0.1) is 12.8 Å². The summed E-state index contributed by atoms with van der Waals surface area (Å²) in [6, 6.07) is 6.35. The van der Waals surface area contributed by atoms with Gasteiger partial charge in [-0.05, 0) is 37.8 Å². The van der Waals surface area contributed by atoms with E-state index in [1.807, 2.05) is 6.92 Å². The molecule has 1 saturated heterocycles. The largest absolute Gasteiger partial charge is 0.465 e. The van der Waals surface area contributed by atoms with E-state index in [-0.39, 0.29) is 30.4 Å². The second-order valence-corrected chi connectivity index (χ2v) is 7.18. The molecule has 8 heteroatoms. The van der Waals surface area contributed by atoms with Crippen LogP contribution in [0.15, 0.2) is 29.2 Å². The fraction of sp³-hybridized carbons (Fsp3) is 0.467. The molecule has 1 aromatic rings. The van der Waals surface area contributed by atoms with Crippen LogP contribution in [0.4, 0.5) is 4.79 Å². The van der Waals surface area contributed by atoms with Gasteiger partial charge in [-0.1, -0.05) is 17.7 Å². The van der Waals surface area contributed by atoms with E-state index >= 15 is 0 Å². The predicted molar refractivity (Wildman–Crippen MR) is 81.4 cm³/mol. The summed E-state index contributed by atoms with van der Waals surface area (Å²) in [4.78, 5) is 23.3. The van der Waals surface area contributed by atoms with Crippen molar-refractivity contribution >= 4 is 22.1 Å². The third-order valence-electron chi connectivity index (χ3n) is 3.83. The molecule has 126 valence electrons. The number of carbonyl (C=O) groups excluding carboxylic acids is 1. The van der Waals surface area contributed by atoms with Gasteiger partial charge in [0.25, 0.3) is 10.1 Å². The zero-order chi connectivity index (χ0) is 17.0. The minimum absolute atomic E-state index is 0.0266. The average Bonchev–Trinajstić information content (AvgIpc) is 2.47. The van der Waals surface area contributed by atoms with Crippen LogP contribution in [0.3, 0.4) is 0 Å². The molecule has 1 N–H and O–H groups in total. The van der Waals surface area contributed by atoms with Crippen molar-refractivity contribution in [1.29, 1.82) is 0 Å². The standard InChI is InChI=1S/C15H19NO6S/c1-11-2-4-13(5-3-11)23(20,21)22-9-7-12-6-8-16(15(18)19)14(17)10-12/h2-5,12H,6-10H2,1H3,(H,18,19). The van der Waals surface area contributed by atoms with Crippen LogP contribution in [-0.2, 0) is 19.1 Å². The number of hydrogen-bond acceptors (Lipinski definition) is 5. The summed E-state index contributed by atoms with van der Waals surface area (Å²) in [7, 11) is -3.81. The molecule has 0 radical (unpaired) electrons. The van der Waals surface area contributed by atoms with Crippen molar-refractivity contribution in [1.82, 2.24) is 4.90 Å². The minimum Gasteiger partial charge on any atom is -0.465 e. The summed E-state index contributed by atoms with van der Waals surface area (Å²) < 4.78 is 29.0. The number of rotatable bonds is 5. The molecule has 1 aliphatic heterocycles. The summed E-state index contributed by atoms with van der Waals surface area (Å²) in [6.07, 6.45) is -0.233. The third-order valence-corrected chi connectivity index (χ3v) is 5.16. The highest BCUT2D eigenvalue weighted by Crippen LogP contribution is 2.22. The summed E-state index contributed by atoms with van der Waals surface area (Å²) in [5, 5.41) is 8.82. The molecule has 1 heterocycles. The lowest BCUT2D eigenvalue weighted by Gasteiger charge is -2.28. The number of nitrogens with zero attached hydrogens (tertiary/aromatic N) is 1. The quantitative estimate of drug-likeness (QED) is 0.822. The molecule has 2 rings (SSSR count). The lowest BCUT2D eigenvalue weighted by atomic mass is 9.94. The zero-order valence-electron chi connectivity index (χ0n) is 12.8. The first kappa shape index (κ1) is 17.4. The number of benzene rings is 1. The molecule has 0 aliphatic carbocycles. The Bertz CT molecular complexity index is 682. The maximum atomic E-state index is 12.0. The number of aryl methyl sites for hydroxylation is 1. The molecule has 0 aromatic heterocycles. The molecule has 1 fully saturated rings. The highest BCUT2D eigenvalue weighted by atomic mass is 32.2. The van der Waals surface area contributed by atoms with E-state index in [4.69, 9.17) is 9.29 Å². The van der Waals surface area contributed by atoms with Gasteiger partial charge in [0.05, 0.1) is 11.5 Å². The van der Waals surface area contributed by atoms with Gasteiger partial charge in [0.1, 0.15) is 0 Å². The topological polar surface area (TPSA) is 101 Å². The lowest BCUT2D eigenvalue weighted by Crippen LogP contribution is -2.42. The van der Waals surface area contributed by atoms with Gasteiger partial charge < -0.3 is 5.11 Å². The summed E-state index contributed by atoms with van der Waals surface area (Å²) in [5.41, 5.74) is 0.952. The molecule has 1 aliphatic rings. The zero-order valence-corrected chi connectivity index (χ0v) is 13.6. The first-order chi connectivity index (χ1) is 10.8. The van der Waals surface area contributed by atoms with Crippen LogP contribution in [0.25, 0.3) is 0 Å². The predicted octanol–water partition coefficient (Wildman–Crippen LogP) is 2.01. The van der Waals surface area contributed by atoms with Gasteiger partial charge >= 0.3 is 6.09 Å². The van der Waals surface area contributed by atoms with Gasteiger partial charge in [-0.15, -0.1) is 0 Å². The Morgan fingerprint density at radius 2 is 2.00 bits per heavy atom. The third kappa shape index (κ3) is 4.52. The van der Waals surface area contributed by atoms with E-state index in [2.05, 4.69) is 0 Å². The molecule has 23 heavy (non-hydrogen) atoms. The van der Waals surface area contributed by atoms with E-state index in [0.717, 1.165) is 10.5 Å². The second-order valence-electron chi connectivity index (χ2n) is 5.56. The molecule has 0 spiro atoms. The molecular weight excluding hydrogens is 322 g/mol.